The fourth-order valence-electron chi connectivity index (χ4n) is 2.07. The van der Waals surface area contributed by atoms with E-state index in [0.717, 1.165) is 16.8 Å². The summed E-state index contributed by atoms with van der Waals surface area (Å²) in [5, 5.41) is 0. The van der Waals surface area contributed by atoms with E-state index in [1.165, 1.54) is 11.8 Å². The van der Waals surface area contributed by atoms with Crippen molar-refractivity contribution in [1.82, 2.24) is 4.98 Å². The number of hydrogen-bond acceptors (Lipinski definition) is 4. The van der Waals surface area contributed by atoms with Crippen LogP contribution < -0.4 is 4.90 Å². The molecule has 2 heterocycles. The molecule has 0 saturated carbocycles. The van der Waals surface area contributed by atoms with Crippen molar-refractivity contribution in [2.45, 2.75) is 6.92 Å². The fraction of sp³-hybridized carbons (Fsp3) is 0.0625. The van der Waals surface area contributed by atoms with E-state index < -0.39 is 0 Å². The van der Waals surface area contributed by atoms with Gasteiger partial charge in [-0.25, -0.2) is 0 Å². The molecule has 0 spiro atoms. The molecule has 104 valence electrons. The third-order valence-corrected chi connectivity index (χ3v) is 4.34. The van der Waals surface area contributed by atoms with E-state index in [0.29, 0.717) is 9.23 Å². The predicted octanol–water partition coefficient (Wildman–Crippen LogP) is 3.80. The number of thiocarbonyl (C=S) groups is 1. The van der Waals surface area contributed by atoms with Gasteiger partial charge in [-0.3, -0.25) is 14.7 Å². The van der Waals surface area contributed by atoms with E-state index in [1.54, 1.807) is 17.3 Å². The zero-order chi connectivity index (χ0) is 14.8. The van der Waals surface area contributed by atoms with E-state index in [2.05, 4.69) is 4.98 Å². The summed E-state index contributed by atoms with van der Waals surface area (Å²) < 4.78 is 0.556. The number of amides is 1. The largest absolute Gasteiger partial charge is 0.270 e. The smallest absolute Gasteiger partial charge is 0.268 e. The quantitative estimate of drug-likeness (QED) is 0.624. The lowest BCUT2D eigenvalue weighted by molar-refractivity contribution is -0.113. The normalized spacial score (nSPS) is 16.8. The number of aromatic nitrogens is 1. The van der Waals surface area contributed by atoms with Crippen molar-refractivity contribution in [3.05, 3.63) is 64.8 Å². The van der Waals surface area contributed by atoms with Crippen molar-refractivity contribution in [3.8, 4) is 0 Å². The van der Waals surface area contributed by atoms with Gasteiger partial charge < -0.3 is 0 Å². The highest BCUT2D eigenvalue weighted by Gasteiger charge is 2.33. The van der Waals surface area contributed by atoms with Crippen LogP contribution in [0.5, 0.6) is 0 Å². The third kappa shape index (κ3) is 2.89. The Kier molecular flexibility index (Phi) is 3.86. The summed E-state index contributed by atoms with van der Waals surface area (Å²) in [6.45, 7) is 1.99. The molecule has 1 saturated heterocycles. The first kappa shape index (κ1) is 14.0. The van der Waals surface area contributed by atoms with Gasteiger partial charge in [0.15, 0.2) is 4.32 Å². The first-order chi connectivity index (χ1) is 10.1. The maximum absolute atomic E-state index is 12.6. The van der Waals surface area contributed by atoms with Crippen LogP contribution >= 0.6 is 24.0 Å². The summed E-state index contributed by atoms with van der Waals surface area (Å²) in [6, 6.07) is 11.5. The Balaban J connectivity index is 1.94. The number of carbonyl (C=O) groups excluding carboxylic acids is 1. The van der Waals surface area contributed by atoms with Crippen LogP contribution in [0.1, 0.15) is 11.1 Å². The molecule has 0 unspecified atom stereocenters. The van der Waals surface area contributed by atoms with Gasteiger partial charge in [-0.1, -0.05) is 42.2 Å². The monoisotopic (exact) mass is 312 g/mol. The number of aryl methyl sites for hydroxylation is 1. The van der Waals surface area contributed by atoms with Crippen LogP contribution in [-0.4, -0.2) is 15.2 Å². The second kappa shape index (κ2) is 5.79. The molecule has 1 aliphatic heterocycles. The molecule has 0 N–H and O–H groups in total. The summed E-state index contributed by atoms with van der Waals surface area (Å²) in [6.07, 6.45) is 5.25. The van der Waals surface area contributed by atoms with Crippen LogP contribution in [0.4, 0.5) is 5.69 Å². The Labute approximate surface area is 132 Å². The standard InChI is InChI=1S/C16H12N2OS2/c1-11-4-2-6-13(8-11)18-15(19)14(21-16(18)20)9-12-5-3-7-17-10-12/h2-10H,1H3. The molecule has 1 aliphatic rings. The summed E-state index contributed by atoms with van der Waals surface area (Å²) >= 11 is 6.67. The molecule has 21 heavy (non-hydrogen) atoms. The van der Waals surface area contributed by atoms with Gasteiger partial charge in [-0.2, -0.15) is 0 Å². The van der Waals surface area contributed by atoms with Gasteiger partial charge in [0, 0.05) is 12.4 Å². The van der Waals surface area contributed by atoms with Crippen molar-refractivity contribution < 1.29 is 4.79 Å². The Hall–Kier alpha value is -1.98. The summed E-state index contributed by atoms with van der Waals surface area (Å²) in [4.78, 5) is 18.8. The van der Waals surface area contributed by atoms with Gasteiger partial charge in [0.1, 0.15) is 0 Å². The average Bonchev–Trinajstić information content (AvgIpc) is 2.74. The molecule has 0 atom stereocenters. The zero-order valence-electron chi connectivity index (χ0n) is 11.3. The Bertz CT molecular complexity index is 741. The zero-order valence-corrected chi connectivity index (χ0v) is 12.9. The molecule has 0 radical (unpaired) electrons. The van der Waals surface area contributed by atoms with Crippen molar-refractivity contribution in [2.24, 2.45) is 0 Å². The SMILES string of the molecule is Cc1cccc(N2C(=O)C(=Cc3cccnc3)SC2=S)c1. The lowest BCUT2D eigenvalue weighted by atomic mass is 10.2. The van der Waals surface area contributed by atoms with E-state index in [-0.39, 0.29) is 5.91 Å². The minimum atomic E-state index is -0.0838. The Morgan fingerprint density at radius 3 is 2.86 bits per heavy atom. The van der Waals surface area contributed by atoms with Crippen molar-refractivity contribution >= 4 is 46.0 Å². The van der Waals surface area contributed by atoms with E-state index in [1.807, 2.05) is 49.4 Å². The number of pyridine rings is 1. The van der Waals surface area contributed by atoms with Crippen molar-refractivity contribution in [1.29, 1.82) is 0 Å². The first-order valence-electron chi connectivity index (χ1n) is 6.40. The van der Waals surface area contributed by atoms with Crippen LogP contribution in [0.2, 0.25) is 0 Å². The molecule has 1 aromatic carbocycles. The van der Waals surface area contributed by atoms with Gasteiger partial charge in [0.05, 0.1) is 10.6 Å². The summed E-state index contributed by atoms with van der Waals surface area (Å²) in [5.74, 6) is -0.0838. The van der Waals surface area contributed by atoms with Crippen LogP contribution in [0.15, 0.2) is 53.7 Å². The maximum Gasteiger partial charge on any atom is 0.270 e. The number of hydrogen-bond donors (Lipinski definition) is 0. The summed E-state index contributed by atoms with van der Waals surface area (Å²) in [7, 11) is 0. The van der Waals surface area contributed by atoms with Crippen LogP contribution in [0, 0.1) is 6.92 Å². The van der Waals surface area contributed by atoms with Crippen molar-refractivity contribution in [3.63, 3.8) is 0 Å². The molecule has 1 fully saturated rings. The van der Waals surface area contributed by atoms with E-state index in [4.69, 9.17) is 12.2 Å². The maximum atomic E-state index is 12.6. The fourth-order valence-corrected chi connectivity index (χ4v) is 3.37. The van der Waals surface area contributed by atoms with Crippen LogP contribution in [0.3, 0.4) is 0 Å². The van der Waals surface area contributed by atoms with Crippen molar-refractivity contribution in [2.75, 3.05) is 4.90 Å². The average molecular weight is 312 g/mol. The van der Waals surface area contributed by atoms with Gasteiger partial charge in [-0.15, -0.1) is 0 Å². The number of nitrogens with zero attached hydrogens (tertiary/aromatic N) is 2. The van der Waals surface area contributed by atoms with Gasteiger partial charge in [0.25, 0.3) is 5.91 Å². The van der Waals surface area contributed by atoms with Crippen LogP contribution in [-0.2, 0) is 4.79 Å². The molecular weight excluding hydrogens is 300 g/mol. The molecule has 0 bridgehead atoms. The highest BCUT2D eigenvalue weighted by atomic mass is 32.2. The third-order valence-electron chi connectivity index (χ3n) is 3.04. The molecule has 2 aromatic rings. The highest BCUT2D eigenvalue weighted by molar-refractivity contribution is 8.27. The molecule has 5 heteroatoms. The highest BCUT2D eigenvalue weighted by Crippen LogP contribution is 2.36. The Morgan fingerprint density at radius 1 is 1.29 bits per heavy atom. The first-order valence-corrected chi connectivity index (χ1v) is 7.62. The second-order valence-corrected chi connectivity index (χ2v) is 6.32. The number of rotatable bonds is 2. The number of anilines is 1. The van der Waals surface area contributed by atoms with Gasteiger partial charge in [-0.05, 0) is 42.3 Å². The van der Waals surface area contributed by atoms with Gasteiger partial charge in [0.2, 0.25) is 0 Å². The Morgan fingerprint density at radius 2 is 2.14 bits per heavy atom. The van der Waals surface area contributed by atoms with Crippen LogP contribution in [0.25, 0.3) is 6.08 Å². The summed E-state index contributed by atoms with van der Waals surface area (Å²) in [5.41, 5.74) is 2.80. The van der Waals surface area contributed by atoms with E-state index in [9.17, 15) is 4.79 Å². The molecule has 3 rings (SSSR count). The minimum Gasteiger partial charge on any atom is -0.268 e. The van der Waals surface area contributed by atoms with E-state index >= 15 is 0 Å². The lowest BCUT2D eigenvalue weighted by Crippen LogP contribution is -2.27. The molecule has 1 aromatic heterocycles. The minimum absolute atomic E-state index is 0.0838. The molecule has 3 nitrogen and oxygen atoms in total. The van der Waals surface area contributed by atoms with Gasteiger partial charge >= 0.3 is 0 Å². The number of benzene rings is 1. The second-order valence-electron chi connectivity index (χ2n) is 4.64. The molecular formula is C16H12N2OS2. The number of carbonyl (C=O) groups is 1. The number of thioether (sulfide) groups is 1. The predicted molar refractivity (Wildman–Crippen MR) is 91.1 cm³/mol. The lowest BCUT2D eigenvalue weighted by Gasteiger charge is -2.14. The molecule has 1 amide bonds. The topological polar surface area (TPSA) is 33.2 Å². The molecule has 0 aliphatic carbocycles.